The van der Waals surface area contributed by atoms with Crippen molar-refractivity contribution in [3.8, 4) is 11.1 Å². The number of hydrogen-bond donors (Lipinski definition) is 5. The van der Waals surface area contributed by atoms with Gasteiger partial charge in [0.2, 0.25) is 5.91 Å². The molecule has 3 rings (SSSR count). The quantitative estimate of drug-likeness (QED) is 0.0628. The molecule has 1 aliphatic heterocycles. The van der Waals surface area contributed by atoms with Gasteiger partial charge in [-0.2, -0.15) is 0 Å². The van der Waals surface area contributed by atoms with Crippen LogP contribution in [0.2, 0.25) is 0 Å². The van der Waals surface area contributed by atoms with E-state index >= 15 is 0 Å². The van der Waals surface area contributed by atoms with Crippen LogP contribution in [0.5, 0.6) is 0 Å². The summed E-state index contributed by atoms with van der Waals surface area (Å²) in [7, 11) is 0. The molecule has 234 valence electrons. The Kier molecular flexibility index (Phi) is 12.5. The number of allylic oxidation sites excluding steroid dienone is 2. The summed E-state index contributed by atoms with van der Waals surface area (Å²) in [6, 6.07) is 7.66. The molecule has 0 aliphatic carbocycles. The van der Waals surface area contributed by atoms with Gasteiger partial charge in [0.1, 0.15) is 11.7 Å². The fourth-order valence-electron chi connectivity index (χ4n) is 4.61. The van der Waals surface area contributed by atoms with Crippen molar-refractivity contribution >= 4 is 29.1 Å². The first-order valence-corrected chi connectivity index (χ1v) is 14.4. The second-order valence-corrected chi connectivity index (χ2v) is 10.1. The summed E-state index contributed by atoms with van der Waals surface area (Å²) in [6.45, 7) is 17.1. The number of amidine groups is 1. The summed E-state index contributed by atoms with van der Waals surface area (Å²) in [4.78, 5) is 36.1. The van der Waals surface area contributed by atoms with Crippen molar-refractivity contribution in [2.75, 3.05) is 43.8 Å². The maximum atomic E-state index is 12.4. The van der Waals surface area contributed by atoms with E-state index in [9.17, 15) is 9.59 Å². The van der Waals surface area contributed by atoms with Crippen LogP contribution in [0, 0.1) is 0 Å². The number of anilines is 2. The number of nitrogen functional groups attached to an aromatic ring is 1. The molecule has 1 aromatic carbocycles. The number of piperazine rings is 1. The third-order valence-electron chi connectivity index (χ3n) is 6.82. The van der Waals surface area contributed by atoms with Crippen molar-refractivity contribution in [2.45, 2.75) is 32.7 Å². The summed E-state index contributed by atoms with van der Waals surface area (Å²) in [5, 5.41) is 14.9. The fourth-order valence-corrected chi connectivity index (χ4v) is 4.61. The lowest BCUT2D eigenvalue weighted by Crippen LogP contribution is -2.48. The van der Waals surface area contributed by atoms with Crippen LogP contribution in [0.25, 0.3) is 11.1 Å². The number of amides is 1. The molecule has 2 aromatic rings. The minimum absolute atomic E-state index is 0.00666. The number of aliphatic carboxylic acids is 1. The molecule has 0 unspecified atom stereocenters. The number of carboxylic acids is 1. The highest BCUT2D eigenvalue weighted by Gasteiger charge is 2.21. The van der Waals surface area contributed by atoms with Gasteiger partial charge in [-0.15, -0.1) is 0 Å². The molecule has 2 heterocycles. The number of nitrogens with one attached hydrogen (secondary N) is 2. The average molecular weight is 603 g/mol. The van der Waals surface area contributed by atoms with Crippen molar-refractivity contribution in [3.63, 3.8) is 0 Å². The van der Waals surface area contributed by atoms with E-state index in [1.165, 1.54) is 0 Å². The Bertz CT molecular complexity index is 1410. The minimum atomic E-state index is -0.881. The maximum Gasteiger partial charge on any atom is 0.303 e. The Morgan fingerprint density at radius 1 is 1.16 bits per heavy atom. The molecule has 1 amide bonds. The van der Waals surface area contributed by atoms with Crippen molar-refractivity contribution in [3.05, 3.63) is 91.5 Å². The van der Waals surface area contributed by atoms with Gasteiger partial charge in [-0.3, -0.25) is 19.5 Å². The summed E-state index contributed by atoms with van der Waals surface area (Å²) in [6.07, 6.45) is 7.24. The highest BCUT2D eigenvalue weighted by Crippen LogP contribution is 2.32. The lowest BCUT2D eigenvalue weighted by molar-refractivity contribution is -0.137. The number of rotatable bonds is 16. The molecule has 7 N–H and O–H groups in total. The zero-order chi connectivity index (χ0) is 32.1. The van der Waals surface area contributed by atoms with E-state index in [4.69, 9.17) is 21.3 Å². The van der Waals surface area contributed by atoms with Crippen LogP contribution in [0.4, 0.5) is 11.4 Å². The summed E-state index contributed by atoms with van der Waals surface area (Å²) >= 11 is 0. The number of hydrogen-bond acceptors (Lipinski definition) is 9. The maximum absolute atomic E-state index is 12.4. The van der Waals surface area contributed by atoms with E-state index < -0.39 is 5.97 Å². The van der Waals surface area contributed by atoms with Gasteiger partial charge < -0.3 is 36.8 Å². The van der Waals surface area contributed by atoms with Gasteiger partial charge >= 0.3 is 5.97 Å². The molecule has 1 saturated heterocycles. The molecule has 0 saturated carbocycles. The second-order valence-electron chi connectivity index (χ2n) is 10.1. The summed E-state index contributed by atoms with van der Waals surface area (Å²) in [5.74, 6) is 0.0974. The number of carbonyl (C=O) groups is 2. The van der Waals surface area contributed by atoms with Gasteiger partial charge in [0.25, 0.3) is 0 Å². The van der Waals surface area contributed by atoms with E-state index in [-0.39, 0.29) is 24.6 Å². The number of pyridine rings is 1. The number of nitrogens with zero attached hydrogens (tertiary/aromatic N) is 4. The van der Waals surface area contributed by atoms with Crippen LogP contribution in [0.1, 0.15) is 37.4 Å². The van der Waals surface area contributed by atoms with Crippen LogP contribution in [0.3, 0.4) is 0 Å². The largest absolute Gasteiger partial charge is 0.481 e. The first kappa shape index (κ1) is 33.4. The van der Waals surface area contributed by atoms with Gasteiger partial charge in [0.15, 0.2) is 5.88 Å². The molecular formula is C32H42N8O4. The molecule has 1 aromatic heterocycles. The Hall–Kier alpha value is -5.10. The molecule has 44 heavy (non-hydrogen) atoms. The van der Waals surface area contributed by atoms with Crippen LogP contribution in [-0.2, 0) is 20.9 Å². The molecule has 12 nitrogen and oxygen atoms in total. The van der Waals surface area contributed by atoms with Crippen molar-refractivity contribution in [1.82, 2.24) is 20.1 Å². The third-order valence-corrected chi connectivity index (χ3v) is 6.82. The molecule has 1 aliphatic rings. The van der Waals surface area contributed by atoms with Crippen molar-refractivity contribution < 1.29 is 19.4 Å². The number of benzene rings is 1. The minimum Gasteiger partial charge on any atom is -0.481 e. The molecular weight excluding hydrogens is 560 g/mol. The van der Waals surface area contributed by atoms with Gasteiger partial charge in [-0.1, -0.05) is 25.3 Å². The van der Waals surface area contributed by atoms with Crippen LogP contribution in [-0.4, -0.2) is 70.4 Å². The van der Waals surface area contributed by atoms with Crippen molar-refractivity contribution in [2.24, 2.45) is 10.7 Å². The lowest BCUT2D eigenvalue weighted by Gasteiger charge is -2.34. The van der Waals surface area contributed by atoms with Crippen LogP contribution in [0.15, 0.2) is 85.2 Å². The van der Waals surface area contributed by atoms with Crippen LogP contribution >= 0.6 is 0 Å². The van der Waals surface area contributed by atoms with Gasteiger partial charge in [0, 0.05) is 69.1 Å². The predicted molar refractivity (Wildman–Crippen MR) is 174 cm³/mol. The Morgan fingerprint density at radius 3 is 2.55 bits per heavy atom. The van der Waals surface area contributed by atoms with Gasteiger partial charge in [0.05, 0.1) is 23.7 Å². The predicted octanol–water partition coefficient (Wildman–Crippen LogP) is 3.62. The molecule has 12 heteroatoms. The second kappa shape index (κ2) is 16.5. The highest BCUT2D eigenvalue weighted by atomic mass is 16.5. The zero-order valence-corrected chi connectivity index (χ0v) is 25.2. The fraction of sp³-hybridized carbons (Fsp3) is 0.312. The number of carboxylic acid groups (broad SMARTS) is 1. The number of carbonyl (C=O) groups excluding carboxylic acids is 1. The molecule has 0 spiro atoms. The summed E-state index contributed by atoms with van der Waals surface area (Å²) < 4.78 is 5.34. The first-order chi connectivity index (χ1) is 21.1. The third kappa shape index (κ3) is 10.0. The Morgan fingerprint density at radius 2 is 1.91 bits per heavy atom. The molecule has 0 atom stereocenters. The Labute approximate surface area is 258 Å². The lowest BCUT2D eigenvalue weighted by atomic mass is 10.0. The normalized spacial score (nSPS) is 13.8. The smallest absolute Gasteiger partial charge is 0.303 e. The molecule has 0 bridgehead atoms. The topological polar surface area (TPSA) is 171 Å². The number of ether oxygens (including phenoxy) is 1. The van der Waals surface area contributed by atoms with Gasteiger partial charge in [-0.25, -0.2) is 4.99 Å². The zero-order valence-electron chi connectivity index (χ0n) is 25.2. The average Bonchev–Trinajstić information content (AvgIpc) is 2.98. The summed E-state index contributed by atoms with van der Waals surface area (Å²) in [5.41, 5.74) is 16.9. The number of nitrogens with two attached hydrogens (primary N) is 2. The first-order valence-electron chi connectivity index (χ1n) is 14.4. The highest BCUT2D eigenvalue weighted by molar-refractivity contribution is 6.06. The van der Waals surface area contributed by atoms with Crippen molar-refractivity contribution in [1.29, 1.82) is 0 Å². The van der Waals surface area contributed by atoms with E-state index in [2.05, 4.69) is 45.2 Å². The monoisotopic (exact) mass is 602 g/mol. The standard InChI is InChI=1S/C32H42N8O4/c1-5-7-13-35-32(34)27-18-25(19-28(33)31(27)38-22(3)37-23(4)44-6-2)24-11-12-26(36-20-24)21-39-14-16-40(17-15-39)29(41)9-8-10-30(42)43/h5,7,11-13,18-20,37-38H,1,3-4,6,8-10,14-17,21,33H2,2H3,(H2,34,35)(H,42,43)/b13-7-. The van der Waals surface area contributed by atoms with Gasteiger partial charge in [-0.05, 0) is 49.8 Å². The van der Waals surface area contributed by atoms with Crippen LogP contribution < -0.4 is 22.1 Å². The van der Waals surface area contributed by atoms with E-state index in [0.717, 1.165) is 29.9 Å². The molecule has 1 fully saturated rings. The van der Waals surface area contributed by atoms with E-state index in [1.54, 1.807) is 29.4 Å². The SMILES string of the molecule is C=C/C=C\N=C(N)c1cc(-c2ccc(CN3CCN(C(=O)CCCC(=O)O)CC3)nc2)cc(N)c1NC(=C)NC(=C)OCC. The number of aromatic nitrogens is 1. The number of aliphatic imine (C=N–C) groups is 1. The Balaban J connectivity index is 1.72. The van der Waals surface area contributed by atoms with E-state index in [1.807, 2.05) is 31.2 Å². The van der Waals surface area contributed by atoms with E-state index in [0.29, 0.717) is 61.3 Å². The molecule has 0 radical (unpaired) electrons.